The first-order chi connectivity index (χ1) is 5.54. The number of aromatic nitrogens is 1. The van der Waals surface area contributed by atoms with E-state index in [1.807, 2.05) is 0 Å². The highest BCUT2D eigenvalue weighted by Crippen LogP contribution is 2.27. The summed E-state index contributed by atoms with van der Waals surface area (Å²) >= 11 is 8.83. The summed E-state index contributed by atoms with van der Waals surface area (Å²) in [6.07, 6.45) is 1.27. The van der Waals surface area contributed by atoms with Gasteiger partial charge in [0, 0.05) is 6.20 Å². The number of aromatic carboxylic acids is 1. The number of hydrogen-bond donors (Lipinski definition) is 1. The summed E-state index contributed by atoms with van der Waals surface area (Å²) < 4.78 is 0.379. The molecule has 1 N–H and O–H groups in total. The Morgan fingerprint density at radius 2 is 2.33 bits per heavy atom. The lowest BCUT2D eigenvalue weighted by Crippen LogP contribution is -2.00. The lowest BCUT2D eigenvalue weighted by molar-refractivity contribution is 0.0695. The van der Waals surface area contributed by atoms with Gasteiger partial charge in [0.1, 0.15) is 0 Å². The molecule has 1 aromatic heterocycles. The lowest BCUT2D eigenvalue weighted by atomic mass is 10.2. The third-order valence-corrected chi connectivity index (χ3v) is 2.88. The summed E-state index contributed by atoms with van der Waals surface area (Å²) in [7, 11) is 0. The van der Waals surface area contributed by atoms with E-state index < -0.39 is 5.97 Å². The Hall–Kier alpha value is -0.610. The van der Waals surface area contributed by atoms with E-state index in [4.69, 9.17) is 16.7 Å². The van der Waals surface area contributed by atoms with E-state index in [1.54, 1.807) is 6.92 Å². The van der Waals surface area contributed by atoms with Crippen molar-refractivity contribution in [2.24, 2.45) is 0 Å². The van der Waals surface area contributed by atoms with E-state index in [9.17, 15) is 4.79 Å². The van der Waals surface area contributed by atoms with Gasteiger partial charge in [0.05, 0.1) is 20.8 Å². The van der Waals surface area contributed by atoms with Crippen molar-refractivity contribution in [3.05, 3.63) is 26.9 Å². The second-order valence-corrected chi connectivity index (χ2v) is 3.36. The Kier molecular flexibility index (Phi) is 2.69. The molecule has 0 bridgehead atoms. The van der Waals surface area contributed by atoms with Crippen LogP contribution in [-0.2, 0) is 0 Å². The maximum Gasteiger partial charge on any atom is 0.338 e. The van der Waals surface area contributed by atoms with Gasteiger partial charge >= 0.3 is 5.97 Å². The van der Waals surface area contributed by atoms with Crippen molar-refractivity contribution >= 4 is 33.5 Å². The van der Waals surface area contributed by atoms with E-state index in [0.717, 1.165) is 0 Å². The van der Waals surface area contributed by atoms with Gasteiger partial charge in [-0.15, -0.1) is 0 Å². The topological polar surface area (TPSA) is 50.2 Å². The second-order valence-electron chi connectivity index (χ2n) is 2.19. The molecule has 64 valence electrons. The van der Waals surface area contributed by atoms with Crippen molar-refractivity contribution in [3.63, 3.8) is 0 Å². The number of carboxylic acid groups (broad SMARTS) is 1. The van der Waals surface area contributed by atoms with Gasteiger partial charge in [-0.3, -0.25) is 4.98 Å². The van der Waals surface area contributed by atoms with Crippen LogP contribution in [0, 0.1) is 6.92 Å². The third kappa shape index (κ3) is 1.59. The van der Waals surface area contributed by atoms with Crippen molar-refractivity contribution in [2.75, 3.05) is 0 Å². The highest BCUT2D eigenvalue weighted by atomic mass is 79.9. The Labute approximate surface area is 82.5 Å². The number of carbonyl (C=O) groups is 1. The van der Waals surface area contributed by atoms with Gasteiger partial charge in [-0.2, -0.15) is 0 Å². The number of hydrogen-bond acceptors (Lipinski definition) is 2. The van der Waals surface area contributed by atoms with Crippen LogP contribution in [0.25, 0.3) is 0 Å². The van der Waals surface area contributed by atoms with E-state index in [1.165, 1.54) is 6.20 Å². The maximum atomic E-state index is 10.6. The molecule has 0 unspecified atom stereocenters. The number of carboxylic acids is 1. The van der Waals surface area contributed by atoms with E-state index >= 15 is 0 Å². The van der Waals surface area contributed by atoms with Crippen LogP contribution < -0.4 is 0 Å². The molecule has 1 heterocycles. The van der Waals surface area contributed by atoms with Crippen molar-refractivity contribution in [1.29, 1.82) is 0 Å². The molecule has 0 saturated heterocycles. The lowest BCUT2D eigenvalue weighted by Gasteiger charge is -2.02. The van der Waals surface area contributed by atoms with Gasteiger partial charge in [0.25, 0.3) is 0 Å². The van der Waals surface area contributed by atoms with Crippen LogP contribution in [0.5, 0.6) is 0 Å². The van der Waals surface area contributed by atoms with Crippen LogP contribution in [0.1, 0.15) is 16.1 Å². The van der Waals surface area contributed by atoms with Crippen LogP contribution in [0.3, 0.4) is 0 Å². The Morgan fingerprint density at radius 3 is 2.83 bits per heavy atom. The Bertz CT molecular complexity index is 340. The normalized spacial score (nSPS) is 9.92. The van der Waals surface area contributed by atoms with Gasteiger partial charge in [0.2, 0.25) is 0 Å². The molecule has 1 rings (SSSR count). The summed E-state index contributed by atoms with van der Waals surface area (Å²) in [5, 5.41) is 8.99. The molecular formula is C7H5BrClNO2. The molecular weight excluding hydrogens is 245 g/mol. The molecule has 12 heavy (non-hydrogen) atoms. The quantitative estimate of drug-likeness (QED) is 0.833. The van der Waals surface area contributed by atoms with Crippen LogP contribution in [0.4, 0.5) is 0 Å². The Balaban J connectivity index is 3.36. The highest BCUT2D eigenvalue weighted by molar-refractivity contribution is 9.10. The van der Waals surface area contributed by atoms with Crippen molar-refractivity contribution < 1.29 is 9.90 Å². The average Bonchev–Trinajstić information content (AvgIpc) is 2.00. The highest BCUT2D eigenvalue weighted by Gasteiger charge is 2.13. The SMILES string of the molecule is Cc1ncc(C(=O)O)c(Br)c1Cl. The van der Waals surface area contributed by atoms with Crippen LogP contribution in [0.15, 0.2) is 10.7 Å². The van der Waals surface area contributed by atoms with Gasteiger partial charge in [-0.25, -0.2) is 4.79 Å². The second kappa shape index (κ2) is 3.41. The van der Waals surface area contributed by atoms with Crippen LogP contribution >= 0.6 is 27.5 Å². The number of halogens is 2. The van der Waals surface area contributed by atoms with Crippen molar-refractivity contribution in [2.45, 2.75) is 6.92 Å². The largest absolute Gasteiger partial charge is 0.478 e. The van der Waals surface area contributed by atoms with E-state index in [0.29, 0.717) is 15.2 Å². The fraction of sp³-hybridized carbons (Fsp3) is 0.143. The van der Waals surface area contributed by atoms with Crippen LogP contribution in [-0.4, -0.2) is 16.1 Å². The monoisotopic (exact) mass is 249 g/mol. The predicted molar refractivity (Wildman–Crippen MR) is 48.6 cm³/mol. The fourth-order valence-electron chi connectivity index (χ4n) is 0.701. The molecule has 0 aromatic carbocycles. The molecule has 0 amide bonds. The first-order valence-electron chi connectivity index (χ1n) is 3.08. The minimum absolute atomic E-state index is 0.0746. The molecule has 3 nitrogen and oxygen atoms in total. The minimum atomic E-state index is -1.05. The number of aryl methyl sites for hydroxylation is 1. The molecule has 0 radical (unpaired) electrons. The van der Waals surface area contributed by atoms with Crippen molar-refractivity contribution in [1.82, 2.24) is 4.98 Å². The van der Waals surface area contributed by atoms with E-state index in [2.05, 4.69) is 20.9 Å². The number of rotatable bonds is 1. The first-order valence-corrected chi connectivity index (χ1v) is 4.25. The van der Waals surface area contributed by atoms with E-state index in [-0.39, 0.29) is 5.56 Å². The summed E-state index contributed by atoms with van der Waals surface area (Å²) in [4.78, 5) is 14.4. The molecule has 0 fully saturated rings. The minimum Gasteiger partial charge on any atom is -0.478 e. The predicted octanol–water partition coefficient (Wildman–Crippen LogP) is 2.50. The van der Waals surface area contributed by atoms with Crippen molar-refractivity contribution in [3.8, 4) is 0 Å². The summed E-state index contributed by atoms with van der Waals surface area (Å²) in [6, 6.07) is 0. The maximum absolute atomic E-state index is 10.6. The zero-order valence-electron chi connectivity index (χ0n) is 6.14. The smallest absolute Gasteiger partial charge is 0.338 e. The number of nitrogens with zero attached hydrogens (tertiary/aromatic N) is 1. The molecule has 0 spiro atoms. The zero-order chi connectivity index (χ0) is 9.30. The number of pyridine rings is 1. The molecule has 5 heteroatoms. The van der Waals surface area contributed by atoms with Gasteiger partial charge < -0.3 is 5.11 Å². The summed E-state index contributed by atoms with van der Waals surface area (Å²) in [6.45, 7) is 1.71. The zero-order valence-corrected chi connectivity index (χ0v) is 8.48. The fourth-order valence-corrected chi connectivity index (χ4v) is 1.41. The standard InChI is InChI=1S/C7H5BrClNO2/c1-3-6(9)5(8)4(2-10-3)7(11)12/h2H,1H3,(H,11,12). The molecule has 0 aliphatic heterocycles. The molecule has 0 atom stereocenters. The van der Waals surface area contributed by atoms with Gasteiger partial charge in [0.15, 0.2) is 0 Å². The first kappa shape index (κ1) is 9.48. The van der Waals surface area contributed by atoms with Gasteiger partial charge in [-0.1, -0.05) is 11.6 Å². The molecule has 0 saturated carbocycles. The third-order valence-electron chi connectivity index (χ3n) is 1.36. The molecule has 1 aromatic rings. The van der Waals surface area contributed by atoms with Crippen LogP contribution in [0.2, 0.25) is 5.02 Å². The summed E-state index contributed by atoms with van der Waals surface area (Å²) in [5.41, 5.74) is 0.680. The Morgan fingerprint density at radius 1 is 1.75 bits per heavy atom. The molecule has 0 aliphatic carbocycles. The molecule has 0 aliphatic rings. The average molecular weight is 250 g/mol. The van der Waals surface area contributed by atoms with Gasteiger partial charge in [-0.05, 0) is 22.9 Å². The summed E-state index contributed by atoms with van der Waals surface area (Å²) in [5.74, 6) is -1.05.